The van der Waals surface area contributed by atoms with E-state index >= 15 is 0 Å². The number of benzene rings is 2. The van der Waals surface area contributed by atoms with Crippen LogP contribution < -0.4 is 16.0 Å². The maximum absolute atomic E-state index is 13.2. The number of aromatic nitrogens is 1. The van der Waals surface area contributed by atoms with Gasteiger partial charge >= 0.3 is 0 Å². The second-order valence-corrected chi connectivity index (χ2v) is 10.2. The largest absolute Gasteiger partial charge is 0.405 e. The second-order valence-electron chi connectivity index (χ2n) is 8.89. The topological polar surface area (TPSA) is 91.6 Å². The molecule has 8 heteroatoms. The van der Waals surface area contributed by atoms with Crippen molar-refractivity contribution in [3.8, 4) is 11.3 Å². The Morgan fingerprint density at radius 2 is 1.76 bits per heavy atom. The number of piperazine rings is 1. The van der Waals surface area contributed by atoms with Crippen LogP contribution in [0.15, 0.2) is 90.8 Å². The molecule has 1 fully saturated rings. The first-order valence-electron chi connectivity index (χ1n) is 12.7. The lowest BCUT2D eigenvalue weighted by molar-refractivity contribution is -0.130. The number of anilines is 1. The van der Waals surface area contributed by atoms with Gasteiger partial charge in [-0.05, 0) is 44.3 Å². The smallest absolute Gasteiger partial charge is 0.257 e. The molecule has 4 rings (SSSR count). The van der Waals surface area contributed by atoms with Gasteiger partial charge in [0.15, 0.2) is 0 Å². The van der Waals surface area contributed by atoms with Crippen LogP contribution in [0.4, 0.5) is 5.69 Å². The van der Waals surface area contributed by atoms with Crippen LogP contribution in [-0.2, 0) is 11.2 Å². The van der Waals surface area contributed by atoms with E-state index in [1.165, 1.54) is 6.20 Å². The van der Waals surface area contributed by atoms with Crippen molar-refractivity contribution in [1.29, 1.82) is 0 Å². The number of aryl methyl sites for hydroxylation is 1. The van der Waals surface area contributed by atoms with Gasteiger partial charge in [0.1, 0.15) is 0 Å². The van der Waals surface area contributed by atoms with Crippen molar-refractivity contribution in [2.45, 2.75) is 20.3 Å². The number of allylic oxidation sites excluding steroid dienone is 4. The van der Waals surface area contributed by atoms with Gasteiger partial charge in [-0.1, -0.05) is 54.6 Å². The van der Waals surface area contributed by atoms with Gasteiger partial charge < -0.3 is 20.9 Å². The fraction of sp³-hybridized carbons (Fsp3) is 0.233. The minimum absolute atomic E-state index is 0.101. The van der Waals surface area contributed by atoms with E-state index in [2.05, 4.69) is 15.2 Å². The Kier molecular flexibility index (Phi) is 9.11. The summed E-state index contributed by atoms with van der Waals surface area (Å²) in [5, 5.41) is 3.89. The van der Waals surface area contributed by atoms with Crippen molar-refractivity contribution in [2.24, 2.45) is 5.73 Å². The number of hydrogen-bond donors (Lipinski definition) is 2. The van der Waals surface area contributed by atoms with Gasteiger partial charge in [0.05, 0.1) is 22.7 Å². The molecule has 38 heavy (non-hydrogen) atoms. The fourth-order valence-electron chi connectivity index (χ4n) is 4.44. The van der Waals surface area contributed by atoms with Crippen LogP contribution in [0, 0.1) is 6.92 Å². The molecule has 3 N–H and O–H groups in total. The molecular formula is C30H33N5O2S. The summed E-state index contributed by atoms with van der Waals surface area (Å²) in [5.41, 5.74) is 9.51. The van der Waals surface area contributed by atoms with E-state index in [4.69, 9.17) is 5.73 Å². The molecule has 1 aromatic heterocycles. The van der Waals surface area contributed by atoms with Crippen LogP contribution in [0.2, 0.25) is 0 Å². The minimum Gasteiger partial charge on any atom is -0.405 e. The average molecular weight is 528 g/mol. The van der Waals surface area contributed by atoms with Gasteiger partial charge in [0, 0.05) is 48.0 Å². The van der Waals surface area contributed by atoms with Crippen molar-refractivity contribution in [1.82, 2.24) is 15.2 Å². The first-order chi connectivity index (χ1) is 18.5. The van der Waals surface area contributed by atoms with Crippen LogP contribution in [0.3, 0.4) is 0 Å². The molecule has 0 unspecified atom stereocenters. The summed E-state index contributed by atoms with van der Waals surface area (Å²) < 4.78 is 0. The molecule has 1 saturated heterocycles. The fourth-order valence-corrected chi connectivity index (χ4v) is 5.39. The van der Waals surface area contributed by atoms with Crippen LogP contribution >= 0.6 is 11.3 Å². The number of carbonyl (C=O) groups is 2. The molecule has 0 saturated carbocycles. The average Bonchev–Trinajstić information content (AvgIpc) is 3.32. The van der Waals surface area contributed by atoms with Crippen LogP contribution in [-0.4, -0.2) is 47.9 Å². The normalized spacial score (nSPS) is 14.4. The number of thiazole rings is 1. The number of amides is 2. The third-order valence-corrected chi connectivity index (χ3v) is 7.26. The summed E-state index contributed by atoms with van der Waals surface area (Å²) >= 11 is 1.58. The predicted molar refractivity (Wildman–Crippen MR) is 155 cm³/mol. The summed E-state index contributed by atoms with van der Waals surface area (Å²) in [4.78, 5) is 36.1. The molecule has 2 amide bonds. The maximum atomic E-state index is 13.2. The number of para-hydroxylation sites is 1. The van der Waals surface area contributed by atoms with E-state index in [1.54, 1.807) is 23.5 Å². The highest BCUT2D eigenvalue weighted by molar-refractivity contribution is 7.12. The predicted octanol–water partition coefficient (Wildman–Crippen LogP) is 4.67. The van der Waals surface area contributed by atoms with Gasteiger partial charge in [-0.2, -0.15) is 0 Å². The Bertz CT molecular complexity index is 1350. The van der Waals surface area contributed by atoms with E-state index in [0.717, 1.165) is 26.8 Å². The summed E-state index contributed by atoms with van der Waals surface area (Å²) in [7, 11) is 0. The lowest BCUT2D eigenvalue weighted by Crippen LogP contribution is -2.49. The molecule has 0 radical (unpaired) electrons. The summed E-state index contributed by atoms with van der Waals surface area (Å²) in [5.74, 6) is -0.106. The quantitative estimate of drug-likeness (QED) is 0.416. The number of nitrogens with one attached hydrogen (secondary N) is 1. The molecule has 0 bridgehead atoms. The van der Waals surface area contributed by atoms with Gasteiger partial charge in [-0.3, -0.25) is 9.59 Å². The van der Waals surface area contributed by atoms with E-state index in [0.29, 0.717) is 43.9 Å². The van der Waals surface area contributed by atoms with Gasteiger partial charge in [-0.15, -0.1) is 11.3 Å². The van der Waals surface area contributed by atoms with Gasteiger partial charge in [-0.25, -0.2) is 4.98 Å². The Morgan fingerprint density at radius 1 is 1.05 bits per heavy atom. The van der Waals surface area contributed by atoms with E-state index in [9.17, 15) is 9.59 Å². The standard InChI is InChI=1S/C30H33N5O2S/c1-3-4-12-24(15-16-31)33-30(37)25-13-8-9-14-26(25)34-17-19-35(20-18-34)28(36)21-27-29(32-22(2)38-27)23-10-6-5-7-11-23/h3-16H,17-21,31H2,1-2H3,(H,33,37)/b4-3-,16-15-,24-12+. The Balaban J connectivity index is 1.42. The zero-order valence-electron chi connectivity index (χ0n) is 21.8. The third-order valence-electron chi connectivity index (χ3n) is 6.29. The number of hydrogen-bond acceptors (Lipinski definition) is 6. The Labute approximate surface area is 228 Å². The minimum atomic E-state index is -0.207. The molecular weight excluding hydrogens is 494 g/mol. The zero-order chi connectivity index (χ0) is 26.9. The SMILES string of the molecule is C\C=C/C=C(\C=C/N)NC(=O)c1ccccc1N1CCN(C(=O)Cc2sc(C)nc2-c2ccccc2)CC1. The van der Waals surface area contributed by atoms with E-state index in [-0.39, 0.29) is 11.8 Å². The summed E-state index contributed by atoms with van der Waals surface area (Å²) in [6.07, 6.45) is 8.90. The van der Waals surface area contributed by atoms with Crippen molar-refractivity contribution in [3.63, 3.8) is 0 Å². The number of nitrogens with two attached hydrogens (primary N) is 1. The summed E-state index contributed by atoms with van der Waals surface area (Å²) in [6.45, 7) is 6.36. The van der Waals surface area contributed by atoms with Crippen molar-refractivity contribution < 1.29 is 9.59 Å². The first kappa shape index (κ1) is 26.9. The molecule has 0 spiro atoms. The van der Waals surface area contributed by atoms with E-state index < -0.39 is 0 Å². The van der Waals surface area contributed by atoms with Crippen molar-refractivity contribution >= 4 is 28.8 Å². The summed E-state index contributed by atoms with van der Waals surface area (Å²) in [6, 6.07) is 17.6. The molecule has 1 aliphatic rings. The number of nitrogens with zero attached hydrogens (tertiary/aromatic N) is 3. The number of rotatable bonds is 8. The second kappa shape index (κ2) is 12.9. The van der Waals surface area contributed by atoms with Crippen LogP contribution in [0.1, 0.15) is 27.2 Å². The Hall–Kier alpha value is -4.17. The highest BCUT2D eigenvalue weighted by Crippen LogP contribution is 2.29. The molecule has 1 aliphatic heterocycles. The molecule has 3 aromatic rings. The molecule has 2 aromatic carbocycles. The van der Waals surface area contributed by atoms with Crippen molar-refractivity contribution in [3.05, 3.63) is 106 Å². The molecule has 7 nitrogen and oxygen atoms in total. The Morgan fingerprint density at radius 3 is 2.47 bits per heavy atom. The van der Waals surface area contributed by atoms with Gasteiger partial charge in [0.25, 0.3) is 5.91 Å². The first-order valence-corrected chi connectivity index (χ1v) is 13.5. The molecule has 196 valence electrons. The monoisotopic (exact) mass is 527 g/mol. The van der Waals surface area contributed by atoms with E-state index in [1.807, 2.05) is 85.5 Å². The molecule has 2 heterocycles. The third kappa shape index (κ3) is 6.58. The lowest BCUT2D eigenvalue weighted by atomic mass is 10.1. The molecule has 0 atom stereocenters. The highest BCUT2D eigenvalue weighted by atomic mass is 32.1. The lowest BCUT2D eigenvalue weighted by Gasteiger charge is -2.37. The number of carbonyl (C=O) groups excluding carboxylic acids is 2. The van der Waals surface area contributed by atoms with Crippen LogP contribution in [0.5, 0.6) is 0 Å². The zero-order valence-corrected chi connectivity index (χ0v) is 22.6. The van der Waals surface area contributed by atoms with Gasteiger partial charge in [0.2, 0.25) is 5.91 Å². The maximum Gasteiger partial charge on any atom is 0.257 e. The van der Waals surface area contributed by atoms with Crippen LogP contribution in [0.25, 0.3) is 11.3 Å². The highest BCUT2D eigenvalue weighted by Gasteiger charge is 2.25. The van der Waals surface area contributed by atoms with Crippen molar-refractivity contribution in [2.75, 3.05) is 31.1 Å². The molecule has 0 aliphatic carbocycles.